The maximum Gasteiger partial charge on any atom is 0.268 e. The SMILES string of the molecule is CCCCCNC(=O)[C@H](Cc1ccc(C2=CC(=O)N(C(C)(C)C)S2(=O)=O)cc1)NC(=O)[C@H](Cc1ccccc1)NC(=O)Cc1ccc(OC)cc1. The van der Waals surface area contributed by atoms with Crippen LogP contribution in [0, 0.1) is 0 Å². The third-order valence-corrected chi connectivity index (χ3v) is 10.5. The van der Waals surface area contributed by atoms with Gasteiger partial charge in [-0.1, -0.05) is 86.5 Å². The van der Waals surface area contributed by atoms with E-state index in [4.69, 9.17) is 4.74 Å². The number of carbonyl (C=O) groups is 4. The Kier molecular flexibility index (Phi) is 13.2. The van der Waals surface area contributed by atoms with Gasteiger partial charge in [-0.05, 0) is 61.6 Å². The van der Waals surface area contributed by atoms with Gasteiger partial charge in [-0.2, -0.15) is 0 Å². The van der Waals surface area contributed by atoms with Crippen LogP contribution in [0.1, 0.15) is 69.2 Å². The van der Waals surface area contributed by atoms with Gasteiger partial charge in [0, 0.05) is 25.5 Å². The molecule has 12 heteroatoms. The fourth-order valence-electron chi connectivity index (χ4n) is 5.85. The van der Waals surface area contributed by atoms with Crippen molar-refractivity contribution in [3.8, 4) is 5.75 Å². The summed E-state index contributed by atoms with van der Waals surface area (Å²) in [6.45, 7) is 7.46. The molecule has 2 atom stereocenters. The maximum absolute atomic E-state index is 13.9. The quantitative estimate of drug-likeness (QED) is 0.187. The van der Waals surface area contributed by atoms with Crippen LogP contribution in [0.4, 0.5) is 0 Å². The Balaban J connectivity index is 1.54. The van der Waals surface area contributed by atoms with Crippen LogP contribution in [0.3, 0.4) is 0 Å². The number of methoxy groups -OCH3 is 1. The topological polar surface area (TPSA) is 151 Å². The summed E-state index contributed by atoms with van der Waals surface area (Å²) in [5.74, 6) is -1.19. The van der Waals surface area contributed by atoms with Gasteiger partial charge < -0.3 is 20.7 Å². The zero-order valence-corrected chi connectivity index (χ0v) is 30.7. The molecule has 3 N–H and O–H groups in total. The number of nitrogens with one attached hydrogen (secondary N) is 3. The number of benzene rings is 3. The Labute approximate surface area is 300 Å². The molecule has 11 nitrogen and oxygen atoms in total. The molecule has 1 aliphatic heterocycles. The number of hydrogen-bond donors (Lipinski definition) is 3. The summed E-state index contributed by atoms with van der Waals surface area (Å²) < 4.78 is 32.6. The molecule has 3 aromatic rings. The van der Waals surface area contributed by atoms with Crippen molar-refractivity contribution in [3.05, 3.63) is 107 Å². The largest absolute Gasteiger partial charge is 0.497 e. The lowest BCUT2D eigenvalue weighted by Gasteiger charge is -2.30. The number of unbranched alkanes of at least 4 members (excludes halogenated alkanes) is 2. The van der Waals surface area contributed by atoms with Crippen molar-refractivity contribution >= 4 is 38.6 Å². The highest BCUT2D eigenvalue weighted by molar-refractivity contribution is 7.99. The number of sulfonamides is 1. The lowest BCUT2D eigenvalue weighted by atomic mass is 10.0. The monoisotopic (exact) mass is 716 g/mol. The van der Waals surface area contributed by atoms with E-state index in [2.05, 4.69) is 22.9 Å². The number of carbonyl (C=O) groups excluding carboxylic acids is 4. The van der Waals surface area contributed by atoms with E-state index in [1.165, 1.54) is 0 Å². The van der Waals surface area contributed by atoms with Crippen LogP contribution in [0.5, 0.6) is 5.75 Å². The molecular weight excluding hydrogens is 669 g/mol. The number of ether oxygens (including phenoxy) is 1. The van der Waals surface area contributed by atoms with E-state index in [0.29, 0.717) is 23.4 Å². The van der Waals surface area contributed by atoms with Gasteiger partial charge in [0.25, 0.3) is 15.9 Å². The van der Waals surface area contributed by atoms with E-state index in [-0.39, 0.29) is 36.0 Å². The molecule has 0 saturated carbocycles. The van der Waals surface area contributed by atoms with Crippen LogP contribution in [-0.4, -0.2) is 67.6 Å². The second kappa shape index (κ2) is 17.3. The molecule has 0 fully saturated rings. The van der Waals surface area contributed by atoms with E-state index in [0.717, 1.165) is 40.8 Å². The van der Waals surface area contributed by atoms with E-state index in [1.54, 1.807) is 76.4 Å². The predicted molar refractivity (Wildman–Crippen MR) is 197 cm³/mol. The average Bonchev–Trinajstić information content (AvgIpc) is 3.34. The molecule has 0 radical (unpaired) electrons. The molecule has 0 aliphatic carbocycles. The van der Waals surface area contributed by atoms with Crippen LogP contribution in [0.15, 0.2) is 84.9 Å². The molecule has 3 aromatic carbocycles. The van der Waals surface area contributed by atoms with Gasteiger partial charge in [0.1, 0.15) is 22.7 Å². The van der Waals surface area contributed by atoms with Gasteiger partial charge in [-0.25, -0.2) is 12.7 Å². The molecule has 1 aliphatic rings. The van der Waals surface area contributed by atoms with Gasteiger partial charge in [0.05, 0.1) is 19.1 Å². The predicted octanol–water partition coefficient (Wildman–Crippen LogP) is 4.31. The first kappa shape index (κ1) is 38.8. The fourth-order valence-corrected chi connectivity index (χ4v) is 7.74. The highest BCUT2D eigenvalue weighted by Crippen LogP contribution is 2.35. The fraction of sp³-hybridized carbons (Fsp3) is 0.385. The van der Waals surface area contributed by atoms with Crippen molar-refractivity contribution in [2.24, 2.45) is 0 Å². The first-order chi connectivity index (χ1) is 24.2. The van der Waals surface area contributed by atoms with Crippen molar-refractivity contribution < 1.29 is 32.3 Å². The molecule has 4 amide bonds. The molecule has 4 rings (SSSR count). The Bertz CT molecular complexity index is 1820. The van der Waals surface area contributed by atoms with Crippen molar-refractivity contribution in [2.45, 2.75) is 83.8 Å². The Hall–Kier alpha value is -4.97. The van der Waals surface area contributed by atoms with Crippen molar-refractivity contribution in [2.75, 3.05) is 13.7 Å². The van der Waals surface area contributed by atoms with E-state index < -0.39 is 39.5 Å². The molecule has 0 bridgehead atoms. The Morgan fingerprint density at radius 3 is 1.94 bits per heavy atom. The van der Waals surface area contributed by atoms with Gasteiger partial charge in [-0.15, -0.1) is 0 Å². The van der Waals surface area contributed by atoms with Crippen molar-refractivity contribution in [1.82, 2.24) is 20.3 Å². The molecule has 0 saturated heterocycles. The second-order valence-electron chi connectivity index (χ2n) is 13.6. The third kappa shape index (κ3) is 10.5. The average molecular weight is 717 g/mol. The first-order valence-electron chi connectivity index (χ1n) is 17.2. The summed E-state index contributed by atoms with van der Waals surface area (Å²) in [5, 5.41) is 8.67. The molecule has 1 heterocycles. The molecule has 0 unspecified atom stereocenters. The number of nitrogens with zero attached hydrogens (tertiary/aromatic N) is 1. The van der Waals surface area contributed by atoms with Crippen LogP contribution in [0.2, 0.25) is 0 Å². The van der Waals surface area contributed by atoms with Crippen LogP contribution in [0.25, 0.3) is 4.91 Å². The standard InChI is InChI=1S/C39H48N4O7S/c1-6-7-11-22-40-37(46)32(24-28-14-18-30(19-15-28)34-26-36(45)43(39(2,3)4)51(34,48)49)42-38(47)33(23-27-12-9-8-10-13-27)41-35(44)25-29-16-20-31(50-5)21-17-29/h8-10,12-21,26,32-33H,6-7,11,22-25H2,1-5H3,(H,40,46)(H,41,44)(H,42,47)/t32-,33-/m0/s1. The summed E-state index contributed by atoms with van der Waals surface area (Å²) in [6, 6.07) is 21.0. The van der Waals surface area contributed by atoms with Crippen molar-refractivity contribution in [1.29, 1.82) is 0 Å². The highest BCUT2D eigenvalue weighted by atomic mass is 32.2. The lowest BCUT2D eigenvalue weighted by molar-refractivity contribution is -0.132. The summed E-state index contributed by atoms with van der Waals surface area (Å²) in [5.41, 5.74) is 1.64. The summed E-state index contributed by atoms with van der Waals surface area (Å²) in [4.78, 5) is 53.2. The molecular formula is C39H48N4O7S. The van der Waals surface area contributed by atoms with Gasteiger partial charge in [-0.3, -0.25) is 19.2 Å². The summed E-state index contributed by atoms with van der Waals surface area (Å²) >= 11 is 0. The first-order valence-corrected chi connectivity index (χ1v) is 18.6. The number of amides is 4. The zero-order valence-electron chi connectivity index (χ0n) is 29.9. The Morgan fingerprint density at radius 1 is 0.784 bits per heavy atom. The van der Waals surface area contributed by atoms with E-state index >= 15 is 0 Å². The molecule has 0 aromatic heterocycles. The minimum absolute atomic E-state index is 0.0432. The minimum atomic E-state index is -4.05. The van der Waals surface area contributed by atoms with Crippen molar-refractivity contribution in [3.63, 3.8) is 0 Å². The van der Waals surface area contributed by atoms with Gasteiger partial charge in [0.2, 0.25) is 17.7 Å². The lowest BCUT2D eigenvalue weighted by Crippen LogP contribution is -2.55. The molecule has 0 spiro atoms. The van der Waals surface area contributed by atoms with Crippen LogP contribution >= 0.6 is 0 Å². The normalized spacial score (nSPS) is 15.0. The smallest absolute Gasteiger partial charge is 0.268 e. The third-order valence-electron chi connectivity index (χ3n) is 8.43. The number of rotatable bonds is 16. The summed E-state index contributed by atoms with van der Waals surface area (Å²) in [6.07, 6.45) is 4.16. The van der Waals surface area contributed by atoms with E-state index in [9.17, 15) is 27.6 Å². The zero-order chi connectivity index (χ0) is 37.2. The minimum Gasteiger partial charge on any atom is -0.497 e. The Morgan fingerprint density at radius 2 is 1.37 bits per heavy atom. The second-order valence-corrected chi connectivity index (χ2v) is 15.3. The van der Waals surface area contributed by atoms with Crippen LogP contribution in [-0.2, 0) is 48.5 Å². The highest BCUT2D eigenvalue weighted by Gasteiger charge is 2.44. The molecule has 51 heavy (non-hydrogen) atoms. The van der Waals surface area contributed by atoms with Gasteiger partial charge in [0.15, 0.2) is 0 Å². The van der Waals surface area contributed by atoms with E-state index in [1.807, 2.05) is 30.3 Å². The summed E-state index contributed by atoms with van der Waals surface area (Å²) in [7, 11) is -2.49. The maximum atomic E-state index is 13.9. The van der Waals surface area contributed by atoms with Gasteiger partial charge >= 0.3 is 0 Å². The number of hydrogen-bond acceptors (Lipinski definition) is 7. The molecule has 272 valence electrons. The van der Waals surface area contributed by atoms with Crippen LogP contribution < -0.4 is 20.7 Å².